The molecule has 0 radical (unpaired) electrons. The molecule has 1 fully saturated rings. The van der Waals surface area contributed by atoms with Gasteiger partial charge in [0.1, 0.15) is 6.04 Å². The largest absolute Gasteiger partial charge is 0.480 e. The van der Waals surface area contributed by atoms with Crippen LogP contribution in [0.15, 0.2) is 22.7 Å². The highest BCUT2D eigenvalue weighted by Gasteiger charge is 2.32. The van der Waals surface area contributed by atoms with Crippen molar-refractivity contribution in [1.82, 2.24) is 4.90 Å². The average Bonchev–Trinajstić information content (AvgIpc) is 2.41. The molecule has 6 heteroatoms. The van der Waals surface area contributed by atoms with Crippen molar-refractivity contribution in [1.29, 1.82) is 0 Å². The van der Waals surface area contributed by atoms with Gasteiger partial charge in [-0.05, 0) is 53.4 Å². The van der Waals surface area contributed by atoms with Gasteiger partial charge in [0.2, 0.25) is 0 Å². The normalized spacial score (nSPS) is 19.3. The molecule has 2 rings (SSSR count). The first-order chi connectivity index (χ1) is 9.00. The second-order valence-electron chi connectivity index (χ2n) is 4.48. The lowest BCUT2D eigenvalue weighted by atomic mass is 10.0. The van der Waals surface area contributed by atoms with Gasteiger partial charge in [0, 0.05) is 16.6 Å². The molecule has 0 spiro atoms. The number of hydrogen-bond donors (Lipinski definition) is 1. The molecule has 1 unspecified atom stereocenters. The van der Waals surface area contributed by atoms with Crippen molar-refractivity contribution in [2.45, 2.75) is 25.3 Å². The van der Waals surface area contributed by atoms with Gasteiger partial charge in [-0.15, -0.1) is 0 Å². The Bertz CT molecular complexity index is 521. The number of piperidine rings is 1. The number of aliphatic carboxylic acids is 1. The SMILES string of the molecule is O=C(O)C1CCCCN1C(=O)c1ccc(Cl)c(Br)c1. The molecule has 1 saturated heterocycles. The van der Waals surface area contributed by atoms with E-state index in [1.807, 2.05) is 0 Å². The van der Waals surface area contributed by atoms with Gasteiger partial charge in [0.25, 0.3) is 5.91 Å². The summed E-state index contributed by atoms with van der Waals surface area (Å²) in [7, 11) is 0. The maximum absolute atomic E-state index is 12.4. The summed E-state index contributed by atoms with van der Waals surface area (Å²) in [6.45, 7) is 0.482. The summed E-state index contributed by atoms with van der Waals surface area (Å²) in [4.78, 5) is 25.0. The highest BCUT2D eigenvalue weighted by Crippen LogP contribution is 2.25. The van der Waals surface area contributed by atoms with Gasteiger partial charge in [-0.3, -0.25) is 4.79 Å². The van der Waals surface area contributed by atoms with Crippen molar-refractivity contribution < 1.29 is 14.7 Å². The van der Waals surface area contributed by atoms with Crippen LogP contribution in [0.5, 0.6) is 0 Å². The van der Waals surface area contributed by atoms with E-state index in [0.29, 0.717) is 28.0 Å². The number of carboxylic acid groups (broad SMARTS) is 1. The fourth-order valence-corrected chi connectivity index (χ4v) is 2.72. The molecule has 1 aromatic rings. The van der Waals surface area contributed by atoms with Gasteiger partial charge in [-0.25, -0.2) is 4.79 Å². The Kier molecular flexibility index (Phi) is 4.47. The molecule has 1 atom stereocenters. The lowest BCUT2D eigenvalue weighted by molar-refractivity contribution is -0.143. The molecular weight excluding hydrogens is 334 g/mol. The molecule has 1 heterocycles. The van der Waals surface area contributed by atoms with E-state index in [4.69, 9.17) is 11.6 Å². The molecule has 1 N–H and O–H groups in total. The third-order valence-corrected chi connectivity index (χ3v) is 4.43. The number of carboxylic acids is 1. The van der Waals surface area contributed by atoms with E-state index in [-0.39, 0.29) is 5.91 Å². The lowest BCUT2D eigenvalue weighted by Gasteiger charge is -2.33. The molecule has 0 aromatic heterocycles. The molecule has 1 aromatic carbocycles. The van der Waals surface area contributed by atoms with Crippen molar-refractivity contribution in [2.24, 2.45) is 0 Å². The number of rotatable bonds is 2. The van der Waals surface area contributed by atoms with E-state index in [9.17, 15) is 14.7 Å². The van der Waals surface area contributed by atoms with Gasteiger partial charge in [0.05, 0.1) is 5.02 Å². The third kappa shape index (κ3) is 3.09. The van der Waals surface area contributed by atoms with Crippen LogP contribution in [-0.4, -0.2) is 34.5 Å². The predicted molar refractivity (Wildman–Crippen MR) is 75.5 cm³/mol. The van der Waals surface area contributed by atoms with Crippen molar-refractivity contribution in [2.75, 3.05) is 6.54 Å². The minimum absolute atomic E-state index is 0.260. The number of amides is 1. The first-order valence-electron chi connectivity index (χ1n) is 5.99. The predicted octanol–water partition coefficient (Wildman–Crippen LogP) is 3.18. The van der Waals surface area contributed by atoms with Gasteiger partial charge >= 0.3 is 5.97 Å². The van der Waals surface area contributed by atoms with Crippen LogP contribution < -0.4 is 0 Å². The molecule has 4 nitrogen and oxygen atoms in total. The minimum Gasteiger partial charge on any atom is -0.480 e. The summed E-state index contributed by atoms with van der Waals surface area (Å²) >= 11 is 9.15. The second kappa shape index (κ2) is 5.92. The van der Waals surface area contributed by atoms with E-state index in [0.717, 1.165) is 12.8 Å². The maximum Gasteiger partial charge on any atom is 0.326 e. The second-order valence-corrected chi connectivity index (χ2v) is 5.74. The topological polar surface area (TPSA) is 57.6 Å². The Morgan fingerprint density at radius 1 is 1.37 bits per heavy atom. The highest BCUT2D eigenvalue weighted by atomic mass is 79.9. The molecule has 1 aliphatic rings. The fraction of sp³-hybridized carbons (Fsp3) is 0.385. The zero-order chi connectivity index (χ0) is 14.0. The molecule has 1 amide bonds. The van der Waals surface area contributed by atoms with Crippen LogP contribution in [0, 0.1) is 0 Å². The zero-order valence-corrected chi connectivity index (χ0v) is 12.4. The number of likely N-dealkylation sites (tertiary alicyclic amines) is 1. The zero-order valence-electron chi connectivity index (χ0n) is 10.1. The summed E-state index contributed by atoms with van der Waals surface area (Å²) in [5.41, 5.74) is 0.449. The van der Waals surface area contributed by atoms with Crippen LogP contribution in [-0.2, 0) is 4.79 Å². The Labute approximate surface area is 124 Å². The summed E-state index contributed by atoms with van der Waals surface area (Å²) < 4.78 is 0.629. The van der Waals surface area contributed by atoms with Crippen LogP contribution in [0.4, 0.5) is 0 Å². The molecule has 102 valence electrons. The standard InChI is InChI=1S/C13H13BrClNO3/c14-9-7-8(4-5-10(9)15)12(17)16-6-2-1-3-11(16)13(18)19/h4-5,7,11H,1-3,6H2,(H,18,19). The Morgan fingerprint density at radius 3 is 2.74 bits per heavy atom. The smallest absolute Gasteiger partial charge is 0.326 e. The first-order valence-corrected chi connectivity index (χ1v) is 7.16. The van der Waals surface area contributed by atoms with Gasteiger partial charge in [-0.2, -0.15) is 0 Å². The van der Waals surface area contributed by atoms with Crippen LogP contribution in [0.25, 0.3) is 0 Å². The van der Waals surface area contributed by atoms with E-state index in [1.165, 1.54) is 4.90 Å². The fourth-order valence-electron chi connectivity index (χ4n) is 2.23. The van der Waals surface area contributed by atoms with Gasteiger partial charge < -0.3 is 10.0 Å². The number of carbonyl (C=O) groups excluding carboxylic acids is 1. The van der Waals surface area contributed by atoms with E-state index in [1.54, 1.807) is 18.2 Å². The van der Waals surface area contributed by atoms with Gasteiger partial charge in [-0.1, -0.05) is 11.6 Å². The molecule has 0 aliphatic carbocycles. The number of nitrogens with zero attached hydrogens (tertiary/aromatic N) is 1. The molecular formula is C13H13BrClNO3. The van der Waals surface area contributed by atoms with Crippen LogP contribution in [0.2, 0.25) is 5.02 Å². The average molecular weight is 347 g/mol. The molecule has 0 saturated carbocycles. The van der Waals surface area contributed by atoms with Crippen LogP contribution in [0.1, 0.15) is 29.6 Å². The third-order valence-electron chi connectivity index (χ3n) is 3.22. The lowest BCUT2D eigenvalue weighted by Crippen LogP contribution is -2.47. The first kappa shape index (κ1) is 14.3. The van der Waals surface area contributed by atoms with Crippen LogP contribution in [0.3, 0.4) is 0 Å². The van der Waals surface area contributed by atoms with E-state index >= 15 is 0 Å². The highest BCUT2D eigenvalue weighted by molar-refractivity contribution is 9.10. The van der Waals surface area contributed by atoms with Crippen molar-refractivity contribution in [3.8, 4) is 0 Å². The Hall–Kier alpha value is -1.07. The number of carbonyl (C=O) groups is 2. The Balaban J connectivity index is 2.26. The van der Waals surface area contributed by atoms with Crippen molar-refractivity contribution in [3.63, 3.8) is 0 Å². The van der Waals surface area contributed by atoms with Crippen LogP contribution >= 0.6 is 27.5 Å². The number of benzene rings is 1. The summed E-state index contributed by atoms with van der Waals surface area (Å²) in [5.74, 6) is -1.20. The van der Waals surface area contributed by atoms with Crippen molar-refractivity contribution in [3.05, 3.63) is 33.3 Å². The minimum atomic E-state index is -0.943. The van der Waals surface area contributed by atoms with E-state index < -0.39 is 12.0 Å². The molecule has 1 aliphatic heterocycles. The summed E-state index contributed by atoms with van der Waals surface area (Å²) in [6.07, 6.45) is 2.19. The Morgan fingerprint density at radius 2 is 2.11 bits per heavy atom. The number of hydrogen-bond acceptors (Lipinski definition) is 2. The summed E-state index contributed by atoms with van der Waals surface area (Å²) in [6, 6.07) is 4.13. The quantitative estimate of drug-likeness (QED) is 0.895. The van der Waals surface area contributed by atoms with Crippen molar-refractivity contribution >= 4 is 39.4 Å². The number of halogens is 2. The monoisotopic (exact) mass is 345 g/mol. The van der Waals surface area contributed by atoms with Gasteiger partial charge in [0.15, 0.2) is 0 Å². The molecule has 19 heavy (non-hydrogen) atoms. The van der Waals surface area contributed by atoms with E-state index in [2.05, 4.69) is 15.9 Å². The maximum atomic E-state index is 12.4. The summed E-state index contributed by atoms with van der Waals surface area (Å²) in [5, 5.41) is 9.70. The molecule has 0 bridgehead atoms.